The lowest BCUT2D eigenvalue weighted by atomic mass is 10.2. The average Bonchev–Trinajstić information content (AvgIpc) is 2.65. The number of hydrogen-bond donors (Lipinski definition) is 4. The SMILES string of the molecule is CCOC(=O)Nc1cc(N(C)CC(O)CN(C)c2ccccc2)c(N)c(N)n1. The van der Waals surface area contributed by atoms with Gasteiger partial charge in [0.25, 0.3) is 0 Å². The second-order valence-corrected chi connectivity index (χ2v) is 6.42. The predicted molar refractivity (Wildman–Crippen MR) is 113 cm³/mol. The summed E-state index contributed by atoms with van der Waals surface area (Å²) in [5.74, 6) is 0.315. The van der Waals surface area contributed by atoms with Crippen molar-refractivity contribution < 1.29 is 14.6 Å². The summed E-state index contributed by atoms with van der Waals surface area (Å²) in [7, 11) is 3.70. The number of anilines is 5. The number of nitrogen functional groups attached to an aromatic ring is 2. The number of aromatic nitrogens is 1. The molecule has 0 saturated heterocycles. The number of aliphatic hydroxyl groups is 1. The molecule has 0 bridgehead atoms. The first-order chi connectivity index (χ1) is 13.3. The summed E-state index contributed by atoms with van der Waals surface area (Å²) in [6, 6.07) is 11.4. The summed E-state index contributed by atoms with van der Waals surface area (Å²) in [5.41, 5.74) is 13.8. The molecule has 0 saturated carbocycles. The van der Waals surface area contributed by atoms with Crippen molar-refractivity contribution in [1.82, 2.24) is 4.98 Å². The van der Waals surface area contributed by atoms with Crippen molar-refractivity contribution in [1.29, 1.82) is 0 Å². The fourth-order valence-electron chi connectivity index (χ4n) is 2.79. The molecule has 28 heavy (non-hydrogen) atoms. The van der Waals surface area contributed by atoms with Crippen LogP contribution < -0.4 is 26.6 Å². The van der Waals surface area contributed by atoms with Crippen molar-refractivity contribution in [2.45, 2.75) is 13.0 Å². The Balaban J connectivity index is 2.06. The Labute approximate surface area is 164 Å². The molecule has 1 amide bonds. The lowest BCUT2D eigenvalue weighted by Crippen LogP contribution is -2.38. The van der Waals surface area contributed by atoms with Gasteiger partial charge in [0.15, 0.2) is 5.82 Å². The first-order valence-electron chi connectivity index (χ1n) is 8.97. The van der Waals surface area contributed by atoms with E-state index in [9.17, 15) is 9.90 Å². The Bertz CT molecular complexity index is 787. The van der Waals surface area contributed by atoms with Crippen molar-refractivity contribution in [2.24, 2.45) is 0 Å². The fourth-order valence-corrected chi connectivity index (χ4v) is 2.79. The molecule has 6 N–H and O–H groups in total. The average molecular weight is 388 g/mol. The number of ether oxygens (including phenoxy) is 1. The number of rotatable bonds is 8. The number of nitrogens with one attached hydrogen (secondary N) is 1. The Kier molecular flexibility index (Phi) is 7.28. The number of amides is 1. The van der Waals surface area contributed by atoms with Crippen molar-refractivity contribution in [3.05, 3.63) is 36.4 Å². The maximum absolute atomic E-state index is 11.6. The second-order valence-electron chi connectivity index (χ2n) is 6.42. The molecular formula is C19H28N6O3. The van der Waals surface area contributed by atoms with Gasteiger partial charge in [0.05, 0.1) is 24.1 Å². The first-order valence-corrected chi connectivity index (χ1v) is 8.97. The summed E-state index contributed by atoms with van der Waals surface area (Å²) >= 11 is 0. The molecule has 0 aliphatic heterocycles. The van der Waals surface area contributed by atoms with Gasteiger partial charge in [-0.1, -0.05) is 18.2 Å². The van der Waals surface area contributed by atoms with Crippen LogP contribution in [0.2, 0.25) is 0 Å². The van der Waals surface area contributed by atoms with Crippen LogP contribution in [0.15, 0.2) is 36.4 Å². The van der Waals surface area contributed by atoms with Crippen LogP contribution in [-0.2, 0) is 4.74 Å². The number of aliphatic hydroxyl groups excluding tert-OH is 1. The van der Waals surface area contributed by atoms with Crippen LogP contribution >= 0.6 is 0 Å². The van der Waals surface area contributed by atoms with Crippen LogP contribution in [-0.4, -0.2) is 56.1 Å². The zero-order chi connectivity index (χ0) is 20.7. The van der Waals surface area contributed by atoms with Gasteiger partial charge in [-0.2, -0.15) is 0 Å². The normalized spacial score (nSPS) is 11.6. The van der Waals surface area contributed by atoms with Crippen molar-refractivity contribution in [3.63, 3.8) is 0 Å². The third-order valence-corrected chi connectivity index (χ3v) is 4.15. The summed E-state index contributed by atoms with van der Waals surface area (Å²) in [5, 5.41) is 13.0. The molecule has 1 aromatic carbocycles. The van der Waals surface area contributed by atoms with E-state index in [0.717, 1.165) is 5.69 Å². The standard InChI is InChI=1S/C19H28N6O3/c1-4-28-19(27)23-16-10-15(17(20)18(21)22-16)25(3)12-14(26)11-24(2)13-8-6-5-7-9-13/h5-10,14,26H,4,11-12,20H2,1-3H3,(H3,21,22,23,27). The van der Waals surface area contributed by atoms with Gasteiger partial charge in [-0.3, -0.25) is 5.32 Å². The summed E-state index contributed by atoms with van der Waals surface area (Å²) < 4.78 is 4.85. The maximum Gasteiger partial charge on any atom is 0.412 e. The van der Waals surface area contributed by atoms with E-state index in [0.29, 0.717) is 18.8 Å². The van der Waals surface area contributed by atoms with Crippen molar-refractivity contribution >= 4 is 34.8 Å². The van der Waals surface area contributed by atoms with Gasteiger partial charge in [-0.25, -0.2) is 9.78 Å². The molecule has 1 aromatic heterocycles. The number of carbonyl (C=O) groups is 1. The minimum absolute atomic E-state index is 0.0899. The smallest absolute Gasteiger partial charge is 0.412 e. The van der Waals surface area contributed by atoms with E-state index in [1.54, 1.807) is 24.9 Å². The molecule has 0 aliphatic rings. The van der Waals surface area contributed by atoms with Gasteiger partial charge in [0.1, 0.15) is 5.82 Å². The number of nitrogens with two attached hydrogens (primary N) is 2. The largest absolute Gasteiger partial charge is 0.450 e. The number of carbonyl (C=O) groups excluding carboxylic acids is 1. The Morgan fingerprint density at radius 1 is 1.21 bits per heavy atom. The molecular weight excluding hydrogens is 360 g/mol. The molecule has 2 rings (SSSR count). The van der Waals surface area contributed by atoms with E-state index in [1.807, 2.05) is 42.3 Å². The molecule has 0 radical (unpaired) electrons. The highest BCUT2D eigenvalue weighted by Crippen LogP contribution is 2.29. The van der Waals surface area contributed by atoms with E-state index in [2.05, 4.69) is 10.3 Å². The fraction of sp³-hybridized carbons (Fsp3) is 0.368. The molecule has 0 fully saturated rings. The lowest BCUT2D eigenvalue weighted by Gasteiger charge is -2.28. The lowest BCUT2D eigenvalue weighted by molar-refractivity contribution is 0.168. The molecule has 0 spiro atoms. The van der Waals surface area contributed by atoms with Gasteiger partial charge >= 0.3 is 6.09 Å². The molecule has 1 heterocycles. The van der Waals surface area contributed by atoms with E-state index >= 15 is 0 Å². The summed E-state index contributed by atoms with van der Waals surface area (Å²) in [6.45, 7) is 2.69. The van der Waals surface area contributed by atoms with Crippen molar-refractivity contribution in [3.8, 4) is 0 Å². The Hall–Kier alpha value is -3.20. The highest BCUT2D eigenvalue weighted by atomic mass is 16.5. The third kappa shape index (κ3) is 5.65. The second kappa shape index (κ2) is 9.65. The zero-order valence-corrected chi connectivity index (χ0v) is 16.4. The number of nitrogens with zero attached hydrogens (tertiary/aromatic N) is 3. The molecule has 1 atom stereocenters. The van der Waals surface area contributed by atoms with Crippen LogP contribution in [0, 0.1) is 0 Å². The Morgan fingerprint density at radius 2 is 1.86 bits per heavy atom. The summed E-state index contributed by atoms with van der Waals surface area (Å²) in [4.78, 5) is 19.4. The maximum atomic E-state index is 11.6. The van der Waals surface area contributed by atoms with Crippen molar-refractivity contribution in [2.75, 3.05) is 60.4 Å². The van der Waals surface area contributed by atoms with E-state index in [4.69, 9.17) is 16.2 Å². The Morgan fingerprint density at radius 3 is 2.50 bits per heavy atom. The van der Waals surface area contributed by atoms with Gasteiger partial charge < -0.3 is 31.1 Å². The first kappa shape index (κ1) is 21.1. The molecule has 9 heteroatoms. The van der Waals surface area contributed by atoms with Gasteiger partial charge in [0, 0.05) is 38.9 Å². The third-order valence-electron chi connectivity index (χ3n) is 4.15. The highest BCUT2D eigenvalue weighted by Gasteiger charge is 2.17. The number of para-hydroxylation sites is 1. The number of likely N-dealkylation sites (N-methyl/N-ethyl adjacent to an activating group) is 2. The van der Waals surface area contributed by atoms with Crippen LogP contribution in [0.4, 0.5) is 33.5 Å². The van der Waals surface area contributed by atoms with E-state index in [1.165, 1.54) is 0 Å². The highest BCUT2D eigenvalue weighted by molar-refractivity contribution is 5.87. The van der Waals surface area contributed by atoms with Crippen LogP contribution in [0.25, 0.3) is 0 Å². The molecule has 152 valence electrons. The predicted octanol–water partition coefficient (Wildman–Crippen LogP) is 1.75. The molecule has 1 unspecified atom stereocenters. The molecule has 0 aliphatic carbocycles. The number of pyridine rings is 1. The number of benzene rings is 1. The topological polar surface area (TPSA) is 130 Å². The monoisotopic (exact) mass is 388 g/mol. The summed E-state index contributed by atoms with van der Waals surface area (Å²) in [6.07, 6.45) is -1.28. The van der Waals surface area contributed by atoms with Gasteiger partial charge in [-0.05, 0) is 19.1 Å². The zero-order valence-electron chi connectivity index (χ0n) is 16.4. The number of hydrogen-bond acceptors (Lipinski definition) is 8. The minimum atomic E-state index is -0.648. The molecule has 9 nitrogen and oxygen atoms in total. The quantitative estimate of drug-likeness (QED) is 0.538. The van der Waals surface area contributed by atoms with Gasteiger partial charge in [-0.15, -0.1) is 0 Å². The van der Waals surface area contributed by atoms with E-state index in [-0.39, 0.29) is 23.9 Å². The molecule has 2 aromatic rings. The van der Waals surface area contributed by atoms with Gasteiger partial charge in [0.2, 0.25) is 0 Å². The van der Waals surface area contributed by atoms with E-state index < -0.39 is 12.2 Å². The van der Waals surface area contributed by atoms with Crippen LogP contribution in [0.3, 0.4) is 0 Å². The van der Waals surface area contributed by atoms with Crippen LogP contribution in [0.1, 0.15) is 6.92 Å². The van der Waals surface area contributed by atoms with Crippen LogP contribution in [0.5, 0.6) is 0 Å². The minimum Gasteiger partial charge on any atom is -0.450 e.